The Labute approximate surface area is 175 Å². The number of guanidine groups is 1. The predicted molar refractivity (Wildman–Crippen MR) is 119 cm³/mol. The number of hydrogen-bond donors (Lipinski definition) is 2. The van der Waals surface area contributed by atoms with Crippen LogP contribution in [0.1, 0.15) is 24.1 Å². The zero-order valence-electron chi connectivity index (χ0n) is 16.7. The fourth-order valence-electron chi connectivity index (χ4n) is 3.55. The molecule has 0 fully saturated rings. The van der Waals surface area contributed by atoms with Gasteiger partial charge in [-0.1, -0.05) is 84.9 Å². The van der Waals surface area contributed by atoms with Gasteiger partial charge in [0.1, 0.15) is 6.04 Å². The molecule has 30 heavy (non-hydrogen) atoms. The average Bonchev–Trinajstić information content (AvgIpc) is 2.80. The molecule has 1 aliphatic heterocycles. The van der Waals surface area contributed by atoms with E-state index < -0.39 is 12.0 Å². The van der Waals surface area contributed by atoms with Crippen LogP contribution in [-0.2, 0) is 9.53 Å². The summed E-state index contributed by atoms with van der Waals surface area (Å²) in [7, 11) is 0. The third-order valence-electron chi connectivity index (χ3n) is 4.96. The standard InChI is InChI=1S/C25H23N3O2/c1-2-30-24(29)21-22(19-11-7-4-8-12-19)27-25(26)28-23(21)20-15-13-18(14-16-20)17-9-5-3-6-10-17/h3-16,23H,2H2,1H3,(H3,26,27,28). The summed E-state index contributed by atoms with van der Waals surface area (Å²) in [4.78, 5) is 17.5. The Morgan fingerprint density at radius 1 is 0.900 bits per heavy atom. The minimum atomic E-state index is -0.551. The molecule has 0 aliphatic carbocycles. The molecule has 150 valence electrons. The third kappa shape index (κ3) is 3.96. The lowest BCUT2D eigenvalue weighted by atomic mass is 9.92. The van der Waals surface area contributed by atoms with E-state index in [4.69, 9.17) is 10.5 Å². The summed E-state index contributed by atoms with van der Waals surface area (Å²) in [5.74, 6) is -0.142. The first kappa shape index (κ1) is 19.5. The molecule has 5 nitrogen and oxygen atoms in total. The lowest BCUT2D eigenvalue weighted by Gasteiger charge is -2.26. The quantitative estimate of drug-likeness (QED) is 0.630. The van der Waals surface area contributed by atoms with E-state index in [0.717, 1.165) is 22.3 Å². The molecule has 0 saturated heterocycles. The van der Waals surface area contributed by atoms with Crippen LogP contribution in [0.3, 0.4) is 0 Å². The van der Waals surface area contributed by atoms with Crippen LogP contribution in [0, 0.1) is 0 Å². The number of carbonyl (C=O) groups is 1. The van der Waals surface area contributed by atoms with Crippen LogP contribution in [0.15, 0.2) is 95.5 Å². The number of carbonyl (C=O) groups excluding carboxylic acids is 1. The Kier molecular flexibility index (Phi) is 5.61. The highest BCUT2D eigenvalue weighted by Gasteiger charge is 2.32. The number of esters is 1. The van der Waals surface area contributed by atoms with Crippen molar-refractivity contribution in [2.24, 2.45) is 10.7 Å². The van der Waals surface area contributed by atoms with Gasteiger partial charge in [-0.15, -0.1) is 0 Å². The maximum atomic E-state index is 12.9. The van der Waals surface area contributed by atoms with Crippen molar-refractivity contribution in [3.05, 3.63) is 102 Å². The average molecular weight is 397 g/mol. The van der Waals surface area contributed by atoms with Crippen molar-refractivity contribution in [3.63, 3.8) is 0 Å². The molecule has 3 aromatic carbocycles. The molecule has 1 heterocycles. The van der Waals surface area contributed by atoms with Gasteiger partial charge in [-0.2, -0.15) is 0 Å². The van der Waals surface area contributed by atoms with Crippen LogP contribution in [0.4, 0.5) is 0 Å². The van der Waals surface area contributed by atoms with Gasteiger partial charge in [0.15, 0.2) is 5.96 Å². The Bertz CT molecular complexity index is 1090. The molecule has 1 aliphatic rings. The molecule has 1 atom stereocenters. The number of nitrogens with one attached hydrogen (secondary N) is 1. The second-order valence-electron chi connectivity index (χ2n) is 6.91. The highest BCUT2D eigenvalue weighted by atomic mass is 16.5. The molecule has 0 amide bonds. The summed E-state index contributed by atoms with van der Waals surface area (Å²) in [5.41, 5.74) is 11.1. The van der Waals surface area contributed by atoms with Crippen LogP contribution in [0.5, 0.6) is 0 Å². The van der Waals surface area contributed by atoms with Crippen molar-refractivity contribution in [1.82, 2.24) is 5.32 Å². The summed E-state index contributed by atoms with van der Waals surface area (Å²) < 4.78 is 5.37. The first-order chi connectivity index (χ1) is 14.7. The molecule has 3 N–H and O–H groups in total. The highest BCUT2D eigenvalue weighted by molar-refractivity contribution is 6.04. The van der Waals surface area contributed by atoms with Gasteiger partial charge in [0.2, 0.25) is 0 Å². The number of hydrogen-bond acceptors (Lipinski definition) is 5. The number of nitrogens with two attached hydrogens (primary N) is 1. The number of nitrogens with zero attached hydrogens (tertiary/aromatic N) is 1. The van der Waals surface area contributed by atoms with Crippen molar-refractivity contribution in [3.8, 4) is 11.1 Å². The molecule has 4 rings (SSSR count). The lowest BCUT2D eigenvalue weighted by molar-refractivity contribution is -0.138. The Balaban J connectivity index is 1.78. The summed E-state index contributed by atoms with van der Waals surface area (Å²) in [6.07, 6.45) is 0. The van der Waals surface area contributed by atoms with Crippen molar-refractivity contribution < 1.29 is 9.53 Å². The normalized spacial score (nSPS) is 15.9. The van der Waals surface area contributed by atoms with E-state index in [-0.39, 0.29) is 12.6 Å². The van der Waals surface area contributed by atoms with E-state index in [2.05, 4.69) is 22.4 Å². The molecule has 0 aromatic heterocycles. The topological polar surface area (TPSA) is 76.7 Å². The van der Waals surface area contributed by atoms with Gasteiger partial charge in [-0.25, -0.2) is 9.79 Å². The fourth-order valence-corrected chi connectivity index (χ4v) is 3.55. The van der Waals surface area contributed by atoms with Gasteiger partial charge in [0.25, 0.3) is 0 Å². The van der Waals surface area contributed by atoms with Crippen molar-refractivity contribution in [1.29, 1.82) is 0 Å². The van der Waals surface area contributed by atoms with Gasteiger partial charge in [0.05, 0.1) is 17.9 Å². The minimum absolute atomic E-state index is 0.263. The molecule has 0 radical (unpaired) electrons. The minimum Gasteiger partial charge on any atom is -0.463 e. The molecule has 3 aromatic rings. The first-order valence-electron chi connectivity index (χ1n) is 9.89. The Morgan fingerprint density at radius 2 is 1.47 bits per heavy atom. The van der Waals surface area contributed by atoms with Crippen molar-refractivity contribution in [2.75, 3.05) is 6.61 Å². The molecule has 1 unspecified atom stereocenters. The smallest absolute Gasteiger partial charge is 0.338 e. The fraction of sp³-hybridized carbons (Fsp3) is 0.120. The van der Waals surface area contributed by atoms with Gasteiger partial charge < -0.3 is 15.8 Å². The molecular weight excluding hydrogens is 374 g/mol. The highest BCUT2D eigenvalue weighted by Crippen LogP contribution is 2.35. The zero-order valence-corrected chi connectivity index (χ0v) is 16.7. The van der Waals surface area contributed by atoms with E-state index in [1.165, 1.54) is 0 Å². The van der Waals surface area contributed by atoms with Crippen LogP contribution in [-0.4, -0.2) is 18.5 Å². The van der Waals surface area contributed by atoms with E-state index in [0.29, 0.717) is 11.3 Å². The van der Waals surface area contributed by atoms with E-state index in [9.17, 15) is 4.79 Å². The van der Waals surface area contributed by atoms with Gasteiger partial charge in [-0.3, -0.25) is 0 Å². The van der Waals surface area contributed by atoms with Crippen LogP contribution >= 0.6 is 0 Å². The third-order valence-corrected chi connectivity index (χ3v) is 4.96. The van der Waals surface area contributed by atoms with Crippen molar-refractivity contribution >= 4 is 17.6 Å². The SMILES string of the molecule is CCOC(=O)C1=C(c2ccccc2)NC(N)=NC1c1ccc(-c2ccccc2)cc1. The summed E-state index contributed by atoms with van der Waals surface area (Å²) >= 11 is 0. The van der Waals surface area contributed by atoms with Crippen LogP contribution in [0.2, 0.25) is 0 Å². The second kappa shape index (κ2) is 8.66. The van der Waals surface area contributed by atoms with E-state index in [1.807, 2.05) is 72.8 Å². The number of ether oxygens (including phenoxy) is 1. The Hall–Kier alpha value is -3.86. The maximum absolute atomic E-state index is 12.9. The first-order valence-corrected chi connectivity index (χ1v) is 9.89. The summed E-state index contributed by atoms with van der Waals surface area (Å²) in [6.45, 7) is 2.07. The molecule has 0 saturated carbocycles. The summed E-state index contributed by atoms with van der Waals surface area (Å²) in [5, 5.41) is 3.07. The number of aliphatic imine (C=N–C) groups is 1. The van der Waals surface area contributed by atoms with E-state index >= 15 is 0 Å². The lowest BCUT2D eigenvalue weighted by Crippen LogP contribution is -2.37. The van der Waals surface area contributed by atoms with Gasteiger partial charge in [0, 0.05) is 0 Å². The molecule has 0 bridgehead atoms. The monoisotopic (exact) mass is 397 g/mol. The van der Waals surface area contributed by atoms with E-state index in [1.54, 1.807) is 6.92 Å². The maximum Gasteiger partial charge on any atom is 0.338 e. The van der Waals surface area contributed by atoms with Crippen LogP contribution < -0.4 is 11.1 Å². The Morgan fingerprint density at radius 3 is 2.07 bits per heavy atom. The molecule has 5 heteroatoms. The van der Waals surface area contributed by atoms with Gasteiger partial charge >= 0.3 is 5.97 Å². The molecule has 0 spiro atoms. The summed E-state index contributed by atoms with van der Waals surface area (Å²) in [6, 6.07) is 27.2. The predicted octanol–water partition coefficient (Wildman–Crippen LogP) is 4.29. The van der Waals surface area contributed by atoms with Crippen molar-refractivity contribution in [2.45, 2.75) is 13.0 Å². The molecular formula is C25H23N3O2. The largest absolute Gasteiger partial charge is 0.463 e. The van der Waals surface area contributed by atoms with Crippen LogP contribution in [0.25, 0.3) is 16.8 Å². The zero-order chi connectivity index (χ0) is 20.9. The van der Waals surface area contributed by atoms with Gasteiger partial charge in [-0.05, 0) is 29.2 Å². The second-order valence-corrected chi connectivity index (χ2v) is 6.91. The number of rotatable bonds is 5. The number of benzene rings is 3.